The molecule has 1 N–H and O–H groups in total. The van der Waals surface area contributed by atoms with Crippen LogP contribution < -0.4 is 10.3 Å². The van der Waals surface area contributed by atoms with E-state index >= 15 is 0 Å². The number of carbonyl (C=O) groups is 1. The van der Waals surface area contributed by atoms with Gasteiger partial charge in [-0.05, 0) is 19.1 Å². The largest absolute Gasteiger partial charge is 0.484 e. The fourth-order valence-corrected chi connectivity index (χ4v) is 2.62. The van der Waals surface area contributed by atoms with E-state index in [2.05, 4.69) is 9.97 Å². The van der Waals surface area contributed by atoms with Gasteiger partial charge in [-0.2, -0.15) is 0 Å². The first-order valence-electron chi connectivity index (χ1n) is 7.87. The summed E-state index contributed by atoms with van der Waals surface area (Å²) in [6.45, 7) is 2.52. The van der Waals surface area contributed by atoms with E-state index in [0.717, 1.165) is 0 Å². The van der Waals surface area contributed by atoms with Crippen LogP contribution in [0.4, 0.5) is 4.39 Å². The molecule has 132 valence electrons. The van der Waals surface area contributed by atoms with Gasteiger partial charge in [-0.25, -0.2) is 9.37 Å². The predicted octanol–water partition coefficient (Wildman–Crippen LogP) is 1.20. The molecule has 0 bridgehead atoms. The molecular weight excluding hydrogens is 329 g/mol. The molecule has 2 heterocycles. The predicted molar refractivity (Wildman–Crippen MR) is 86.8 cm³/mol. The van der Waals surface area contributed by atoms with Gasteiger partial charge in [0.25, 0.3) is 11.5 Å². The van der Waals surface area contributed by atoms with Crippen LogP contribution in [0.2, 0.25) is 0 Å². The first-order valence-corrected chi connectivity index (χ1v) is 7.87. The van der Waals surface area contributed by atoms with Crippen LogP contribution >= 0.6 is 0 Å². The zero-order valence-corrected chi connectivity index (χ0v) is 13.7. The van der Waals surface area contributed by atoms with Crippen molar-refractivity contribution in [3.8, 4) is 5.75 Å². The van der Waals surface area contributed by atoms with Gasteiger partial charge in [0, 0.05) is 18.7 Å². The van der Waals surface area contributed by atoms with E-state index in [1.54, 1.807) is 17.9 Å². The number of H-pyrrole nitrogens is 1. The maximum absolute atomic E-state index is 13.1. The number of aromatic nitrogens is 2. The smallest absolute Gasteiger partial charge is 0.260 e. The number of aromatic amines is 1. The molecule has 2 aromatic rings. The average Bonchev–Trinajstić information content (AvgIpc) is 2.59. The van der Waals surface area contributed by atoms with E-state index in [1.165, 1.54) is 24.3 Å². The third-order valence-corrected chi connectivity index (χ3v) is 3.79. The number of ether oxygens (including phenoxy) is 2. The third kappa shape index (κ3) is 4.42. The molecule has 1 aromatic carbocycles. The first-order chi connectivity index (χ1) is 12.0. The second-order valence-corrected chi connectivity index (χ2v) is 5.70. The van der Waals surface area contributed by atoms with Gasteiger partial charge in [-0.3, -0.25) is 9.59 Å². The van der Waals surface area contributed by atoms with Crippen molar-refractivity contribution >= 4 is 5.91 Å². The molecule has 0 radical (unpaired) electrons. The minimum Gasteiger partial charge on any atom is -0.484 e. The summed E-state index contributed by atoms with van der Waals surface area (Å²) in [7, 11) is 0. The summed E-state index contributed by atoms with van der Waals surface area (Å²) in [5.41, 5.74) is 0.230. The molecule has 3 rings (SSSR count). The van der Waals surface area contributed by atoms with Crippen molar-refractivity contribution in [3.05, 3.63) is 58.0 Å². The molecule has 1 amide bonds. The normalized spacial score (nSPS) is 17.4. The average molecular weight is 347 g/mol. The number of morpholine rings is 1. The Hall–Kier alpha value is -2.74. The quantitative estimate of drug-likeness (QED) is 0.898. The molecule has 7 nitrogen and oxygen atoms in total. The lowest BCUT2D eigenvalue weighted by molar-refractivity contribution is -0.141. The van der Waals surface area contributed by atoms with Crippen molar-refractivity contribution in [1.82, 2.24) is 14.9 Å². The molecule has 1 saturated heterocycles. The van der Waals surface area contributed by atoms with Crippen LogP contribution in [-0.4, -0.2) is 47.1 Å². The van der Waals surface area contributed by atoms with Crippen molar-refractivity contribution in [3.63, 3.8) is 0 Å². The number of rotatable bonds is 4. The molecule has 1 aliphatic heterocycles. The Balaban J connectivity index is 1.62. The SMILES string of the molecule is Cc1nc([C@H]2CN(C(=O)COc3cccc(F)c3)CCO2)cc(=O)[nH]1. The second-order valence-electron chi connectivity index (χ2n) is 5.70. The van der Waals surface area contributed by atoms with Gasteiger partial charge < -0.3 is 19.4 Å². The number of halogens is 1. The number of nitrogens with zero attached hydrogens (tertiary/aromatic N) is 2. The van der Waals surface area contributed by atoms with E-state index < -0.39 is 11.9 Å². The molecule has 25 heavy (non-hydrogen) atoms. The van der Waals surface area contributed by atoms with Crippen LogP contribution in [0.5, 0.6) is 5.75 Å². The Kier molecular flexibility index (Phi) is 5.08. The monoisotopic (exact) mass is 347 g/mol. The van der Waals surface area contributed by atoms with Gasteiger partial charge in [-0.15, -0.1) is 0 Å². The highest BCUT2D eigenvalue weighted by atomic mass is 19.1. The first kappa shape index (κ1) is 17.1. The fraction of sp³-hybridized carbons (Fsp3) is 0.353. The van der Waals surface area contributed by atoms with Gasteiger partial charge in [0.05, 0.1) is 18.8 Å². The minimum atomic E-state index is -0.465. The van der Waals surface area contributed by atoms with Crippen molar-refractivity contribution in [2.45, 2.75) is 13.0 Å². The number of nitrogens with one attached hydrogen (secondary N) is 1. The Morgan fingerprint density at radius 2 is 2.32 bits per heavy atom. The van der Waals surface area contributed by atoms with Crippen molar-refractivity contribution in [2.75, 3.05) is 26.3 Å². The Morgan fingerprint density at radius 3 is 3.08 bits per heavy atom. The summed E-state index contributed by atoms with van der Waals surface area (Å²) in [5.74, 6) is 0.125. The highest BCUT2D eigenvalue weighted by Gasteiger charge is 2.27. The number of hydrogen-bond donors (Lipinski definition) is 1. The summed E-state index contributed by atoms with van der Waals surface area (Å²) >= 11 is 0. The van der Waals surface area contributed by atoms with Crippen LogP contribution in [0.1, 0.15) is 17.6 Å². The molecule has 1 aliphatic rings. The molecule has 8 heteroatoms. The van der Waals surface area contributed by atoms with E-state index in [1.807, 2.05) is 0 Å². The zero-order valence-electron chi connectivity index (χ0n) is 13.7. The molecule has 1 aromatic heterocycles. The summed E-state index contributed by atoms with van der Waals surface area (Å²) in [6.07, 6.45) is -0.465. The zero-order chi connectivity index (χ0) is 17.8. The minimum absolute atomic E-state index is 0.196. The molecule has 0 saturated carbocycles. The maximum Gasteiger partial charge on any atom is 0.260 e. The molecule has 1 atom stereocenters. The summed E-state index contributed by atoms with van der Waals surface area (Å²) in [4.78, 5) is 32.3. The summed E-state index contributed by atoms with van der Waals surface area (Å²) in [6, 6.07) is 6.99. The van der Waals surface area contributed by atoms with Crippen molar-refractivity contribution < 1.29 is 18.7 Å². The van der Waals surface area contributed by atoms with Gasteiger partial charge in [-0.1, -0.05) is 6.07 Å². The highest BCUT2D eigenvalue weighted by molar-refractivity contribution is 5.77. The standard InChI is InChI=1S/C17H18FN3O4/c1-11-19-14(8-16(22)20-11)15-9-21(5-6-24-15)17(23)10-25-13-4-2-3-12(18)7-13/h2-4,7-8,15H,5-6,9-10H2,1H3,(H,19,20,22)/t15-/m1/s1. The third-order valence-electron chi connectivity index (χ3n) is 3.79. The lowest BCUT2D eigenvalue weighted by Gasteiger charge is -2.32. The highest BCUT2D eigenvalue weighted by Crippen LogP contribution is 2.20. The van der Waals surface area contributed by atoms with E-state index in [-0.39, 0.29) is 24.6 Å². The van der Waals surface area contributed by atoms with Gasteiger partial charge in [0.15, 0.2) is 6.61 Å². The topological polar surface area (TPSA) is 84.5 Å². The number of aryl methyl sites for hydroxylation is 1. The molecule has 1 fully saturated rings. The number of hydrogen-bond acceptors (Lipinski definition) is 5. The lowest BCUT2D eigenvalue weighted by atomic mass is 10.2. The van der Waals surface area contributed by atoms with Gasteiger partial charge in [0.1, 0.15) is 23.5 Å². The summed E-state index contributed by atoms with van der Waals surface area (Å²) < 4.78 is 24.1. The van der Waals surface area contributed by atoms with Crippen molar-refractivity contribution in [2.24, 2.45) is 0 Å². The van der Waals surface area contributed by atoms with Crippen molar-refractivity contribution in [1.29, 1.82) is 0 Å². The van der Waals surface area contributed by atoms with Crippen LogP contribution in [-0.2, 0) is 9.53 Å². The Morgan fingerprint density at radius 1 is 1.48 bits per heavy atom. The Labute approximate surface area is 143 Å². The van der Waals surface area contributed by atoms with Crippen LogP contribution in [0.25, 0.3) is 0 Å². The molecule has 0 unspecified atom stereocenters. The van der Waals surface area contributed by atoms with E-state index in [0.29, 0.717) is 30.4 Å². The van der Waals surface area contributed by atoms with E-state index in [9.17, 15) is 14.0 Å². The number of benzene rings is 1. The van der Waals surface area contributed by atoms with Crippen LogP contribution in [0, 0.1) is 12.7 Å². The van der Waals surface area contributed by atoms with Crippen LogP contribution in [0.3, 0.4) is 0 Å². The fourth-order valence-electron chi connectivity index (χ4n) is 2.62. The van der Waals surface area contributed by atoms with Crippen LogP contribution in [0.15, 0.2) is 35.1 Å². The number of amides is 1. The van der Waals surface area contributed by atoms with Gasteiger partial charge >= 0.3 is 0 Å². The second kappa shape index (κ2) is 7.43. The van der Waals surface area contributed by atoms with Gasteiger partial charge in [0.2, 0.25) is 0 Å². The molecular formula is C17H18FN3O4. The lowest BCUT2D eigenvalue weighted by Crippen LogP contribution is -2.44. The summed E-state index contributed by atoms with van der Waals surface area (Å²) in [5, 5.41) is 0. The number of carbonyl (C=O) groups excluding carboxylic acids is 1. The maximum atomic E-state index is 13.1. The Bertz CT molecular complexity index is 824. The van der Waals surface area contributed by atoms with E-state index in [4.69, 9.17) is 9.47 Å². The molecule has 0 aliphatic carbocycles. The molecule has 0 spiro atoms.